The average molecular weight is 437 g/mol. The predicted molar refractivity (Wildman–Crippen MR) is 115 cm³/mol. The van der Waals surface area contributed by atoms with Gasteiger partial charge in [0.05, 0.1) is 18.2 Å². The molecule has 0 saturated heterocycles. The first-order chi connectivity index (χ1) is 15.1. The van der Waals surface area contributed by atoms with Crippen LogP contribution in [0.5, 0.6) is 17.2 Å². The number of fused-ring (bicyclic) bond motifs is 1. The molecule has 0 saturated carbocycles. The Morgan fingerprint density at radius 1 is 1.03 bits per heavy atom. The number of hydrazone groups is 1. The van der Waals surface area contributed by atoms with Gasteiger partial charge in [0.1, 0.15) is 5.75 Å². The van der Waals surface area contributed by atoms with Crippen molar-refractivity contribution >= 4 is 29.7 Å². The Balaban J connectivity index is 1.34. The summed E-state index contributed by atoms with van der Waals surface area (Å²) in [5.74, 6) is 0.657. The van der Waals surface area contributed by atoms with Crippen LogP contribution >= 0.6 is 11.6 Å². The van der Waals surface area contributed by atoms with Crippen LogP contribution in [0.1, 0.15) is 21.5 Å². The van der Waals surface area contributed by atoms with Gasteiger partial charge in [0, 0.05) is 5.02 Å². The third kappa shape index (κ3) is 5.40. The van der Waals surface area contributed by atoms with Crippen LogP contribution in [-0.2, 0) is 11.2 Å². The molecule has 3 aromatic rings. The van der Waals surface area contributed by atoms with E-state index in [9.17, 15) is 9.59 Å². The smallest absolute Gasteiger partial charge is 0.343 e. The highest BCUT2D eigenvalue weighted by Crippen LogP contribution is 2.32. The zero-order valence-corrected chi connectivity index (χ0v) is 17.0. The minimum absolute atomic E-state index is 0.130. The van der Waals surface area contributed by atoms with Crippen LogP contribution in [0.3, 0.4) is 0 Å². The van der Waals surface area contributed by atoms with E-state index in [-0.39, 0.29) is 19.1 Å². The normalized spacial score (nSPS) is 12.0. The molecule has 3 aromatic carbocycles. The van der Waals surface area contributed by atoms with E-state index in [2.05, 4.69) is 10.5 Å². The summed E-state index contributed by atoms with van der Waals surface area (Å²) in [6, 6.07) is 18.6. The highest BCUT2D eigenvalue weighted by molar-refractivity contribution is 6.30. The van der Waals surface area contributed by atoms with Crippen LogP contribution in [0.4, 0.5) is 0 Å². The Bertz CT molecular complexity index is 1140. The molecule has 1 N–H and O–H groups in total. The van der Waals surface area contributed by atoms with Gasteiger partial charge in [0.15, 0.2) is 11.5 Å². The highest BCUT2D eigenvalue weighted by atomic mass is 35.5. The number of nitrogens with one attached hydrogen (secondary N) is 1. The first-order valence-corrected chi connectivity index (χ1v) is 9.73. The second-order valence-corrected chi connectivity index (χ2v) is 7.06. The van der Waals surface area contributed by atoms with Crippen molar-refractivity contribution in [1.82, 2.24) is 5.43 Å². The first-order valence-electron chi connectivity index (χ1n) is 9.35. The predicted octanol–water partition coefficient (Wildman–Crippen LogP) is 3.98. The van der Waals surface area contributed by atoms with Gasteiger partial charge in [-0.1, -0.05) is 35.9 Å². The van der Waals surface area contributed by atoms with E-state index in [1.54, 1.807) is 66.7 Å². The number of halogens is 1. The fourth-order valence-electron chi connectivity index (χ4n) is 2.85. The third-order valence-electron chi connectivity index (χ3n) is 4.36. The number of rotatable bonds is 6. The van der Waals surface area contributed by atoms with Crippen LogP contribution in [0.2, 0.25) is 5.02 Å². The SMILES string of the molecule is O=C(Cc1ccc(Cl)cc1)N/N=C/c1cccc(OC(=O)c2ccc3c(c2)OCO3)c1. The molecule has 0 aromatic heterocycles. The monoisotopic (exact) mass is 436 g/mol. The fourth-order valence-corrected chi connectivity index (χ4v) is 2.98. The van der Waals surface area contributed by atoms with Gasteiger partial charge in [0.25, 0.3) is 0 Å². The molecule has 31 heavy (non-hydrogen) atoms. The van der Waals surface area contributed by atoms with Crippen LogP contribution in [0.25, 0.3) is 0 Å². The second kappa shape index (κ2) is 9.32. The summed E-state index contributed by atoms with van der Waals surface area (Å²) < 4.78 is 15.9. The van der Waals surface area contributed by atoms with Crippen LogP contribution < -0.4 is 19.6 Å². The van der Waals surface area contributed by atoms with E-state index in [0.717, 1.165) is 5.56 Å². The maximum atomic E-state index is 12.4. The molecule has 7 nitrogen and oxygen atoms in total. The number of ether oxygens (including phenoxy) is 3. The van der Waals surface area contributed by atoms with Gasteiger partial charge in [-0.15, -0.1) is 0 Å². The zero-order chi connectivity index (χ0) is 21.6. The number of carbonyl (C=O) groups excluding carboxylic acids is 2. The fraction of sp³-hybridized carbons (Fsp3) is 0.0870. The molecule has 0 bridgehead atoms. The highest BCUT2D eigenvalue weighted by Gasteiger charge is 2.17. The lowest BCUT2D eigenvalue weighted by molar-refractivity contribution is -0.120. The number of hydrogen-bond acceptors (Lipinski definition) is 6. The standard InChI is InChI=1S/C23H17ClN2O5/c24-18-7-4-15(5-8-18)11-22(27)26-25-13-16-2-1-3-19(10-16)31-23(28)17-6-9-20-21(12-17)30-14-29-20/h1-10,12-13H,11,14H2,(H,26,27)/b25-13+. The maximum Gasteiger partial charge on any atom is 0.343 e. The summed E-state index contributed by atoms with van der Waals surface area (Å²) >= 11 is 5.83. The molecule has 8 heteroatoms. The second-order valence-electron chi connectivity index (χ2n) is 6.63. The Kier molecular flexibility index (Phi) is 6.14. The molecule has 0 aliphatic carbocycles. The van der Waals surface area contributed by atoms with Crippen molar-refractivity contribution in [3.8, 4) is 17.2 Å². The van der Waals surface area contributed by atoms with Crippen molar-refractivity contribution in [2.45, 2.75) is 6.42 Å². The Hall–Kier alpha value is -3.84. The van der Waals surface area contributed by atoms with E-state index in [4.69, 9.17) is 25.8 Å². The third-order valence-corrected chi connectivity index (χ3v) is 4.61. The summed E-state index contributed by atoms with van der Waals surface area (Å²) in [6.07, 6.45) is 1.65. The lowest BCUT2D eigenvalue weighted by Crippen LogP contribution is -2.19. The van der Waals surface area contributed by atoms with Crippen LogP contribution in [-0.4, -0.2) is 24.9 Å². The summed E-state index contributed by atoms with van der Waals surface area (Å²) in [5.41, 5.74) is 4.30. The lowest BCUT2D eigenvalue weighted by atomic mass is 10.1. The summed E-state index contributed by atoms with van der Waals surface area (Å²) in [5, 5.41) is 4.56. The summed E-state index contributed by atoms with van der Waals surface area (Å²) in [7, 11) is 0. The molecule has 4 rings (SSSR count). The number of hydrogen-bond donors (Lipinski definition) is 1. The molecule has 156 valence electrons. The molecule has 1 amide bonds. The lowest BCUT2D eigenvalue weighted by Gasteiger charge is -2.06. The first kappa shape index (κ1) is 20.4. The summed E-state index contributed by atoms with van der Waals surface area (Å²) in [4.78, 5) is 24.4. The molecule has 0 spiro atoms. The van der Waals surface area contributed by atoms with Crippen LogP contribution in [0, 0.1) is 0 Å². The number of carbonyl (C=O) groups is 2. The van der Waals surface area contributed by atoms with Gasteiger partial charge >= 0.3 is 5.97 Å². The van der Waals surface area contributed by atoms with Crippen molar-refractivity contribution in [1.29, 1.82) is 0 Å². The van der Waals surface area contributed by atoms with E-state index < -0.39 is 5.97 Å². The van der Waals surface area contributed by atoms with Gasteiger partial charge in [0.2, 0.25) is 12.7 Å². The number of amides is 1. The van der Waals surface area contributed by atoms with Crippen molar-refractivity contribution in [2.24, 2.45) is 5.10 Å². The minimum atomic E-state index is -0.524. The number of nitrogens with zero attached hydrogens (tertiary/aromatic N) is 1. The van der Waals surface area contributed by atoms with Crippen molar-refractivity contribution in [3.05, 3.63) is 88.4 Å². The molecule has 0 unspecified atom stereocenters. The molecule has 1 aliphatic heterocycles. The summed E-state index contributed by atoms with van der Waals surface area (Å²) in [6.45, 7) is 0.130. The molecule has 0 fully saturated rings. The Labute approximate surface area is 183 Å². The van der Waals surface area contributed by atoms with Crippen molar-refractivity contribution in [3.63, 3.8) is 0 Å². The average Bonchev–Trinajstić information content (AvgIpc) is 3.23. The number of benzene rings is 3. The topological polar surface area (TPSA) is 86.2 Å². The van der Waals surface area contributed by atoms with E-state index in [0.29, 0.717) is 33.4 Å². The van der Waals surface area contributed by atoms with E-state index >= 15 is 0 Å². The van der Waals surface area contributed by atoms with Crippen molar-refractivity contribution < 1.29 is 23.8 Å². The zero-order valence-electron chi connectivity index (χ0n) is 16.2. The van der Waals surface area contributed by atoms with Crippen LogP contribution in [0.15, 0.2) is 71.8 Å². The Morgan fingerprint density at radius 3 is 2.68 bits per heavy atom. The Morgan fingerprint density at radius 2 is 1.84 bits per heavy atom. The van der Waals surface area contributed by atoms with E-state index in [1.165, 1.54) is 6.21 Å². The van der Waals surface area contributed by atoms with Gasteiger partial charge in [-0.3, -0.25) is 4.79 Å². The van der Waals surface area contributed by atoms with Gasteiger partial charge in [-0.05, 0) is 53.6 Å². The number of esters is 1. The molecular formula is C23H17ClN2O5. The molecule has 1 aliphatic rings. The molecular weight excluding hydrogens is 420 g/mol. The van der Waals surface area contributed by atoms with Crippen molar-refractivity contribution in [2.75, 3.05) is 6.79 Å². The molecule has 0 radical (unpaired) electrons. The van der Waals surface area contributed by atoms with Gasteiger partial charge < -0.3 is 14.2 Å². The maximum absolute atomic E-state index is 12.4. The molecule has 1 heterocycles. The van der Waals surface area contributed by atoms with Gasteiger partial charge in [-0.2, -0.15) is 5.10 Å². The quantitative estimate of drug-likeness (QED) is 0.273. The minimum Gasteiger partial charge on any atom is -0.454 e. The van der Waals surface area contributed by atoms with Gasteiger partial charge in [-0.25, -0.2) is 10.2 Å². The largest absolute Gasteiger partial charge is 0.454 e. The molecule has 0 atom stereocenters. The van der Waals surface area contributed by atoms with E-state index in [1.807, 2.05) is 0 Å².